The van der Waals surface area contributed by atoms with E-state index in [0.717, 1.165) is 25.3 Å². The van der Waals surface area contributed by atoms with Crippen molar-refractivity contribution in [3.8, 4) is 0 Å². The largest absolute Gasteiger partial charge is 0.357 e. The molecule has 142 valence electrons. The molecule has 7 heteroatoms. The van der Waals surface area contributed by atoms with E-state index in [1.165, 1.54) is 5.69 Å². The van der Waals surface area contributed by atoms with Crippen molar-refractivity contribution in [3.63, 3.8) is 0 Å². The molecule has 0 bridgehead atoms. The number of carbonyl (C=O) groups excluding carboxylic acids is 1. The van der Waals surface area contributed by atoms with Crippen molar-refractivity contribution in [2.24, 2.45) is 10.9 Å². The number of carbonyl (C=O) groups is 1. The maximum atomic E-state index is 11.9. The van der Waals surface area contributed by atoms with Crippen LogP contribution in [0.25, 0.3) is 0 Å². The summed E-state index contributed by atoms with van der Waals surface area (Å²) in [5.41, 5.74) is 1.97. The summed E-state index contributed by atoms with van der Waals surface area (Å²) >= 11 is 0. The van der Waals surface area contributed by atoms with Crippen molar-refractivity contribution < 1.29 is 4.79 Å². The van der Waals surface area contributed by atoms with Crippen molar-refractivity contribution in [1.82, 2.24) is 25.7 Å². The van der Waals surface area contributed by atoms with E-state index >= 15 is 0 Å². The minimum atomic E-state index is -0.243. The number of nitrogens with zero attached hydrogens (tertiary/aromatic N) is 3. The Kier molecular flexibility index (Phi) is 7.93. The zero-order chi connectivity index (χ0) is 19.0. The maximum absolute atomic E-state index is 11.9. The van der Waals surface area contributed by atoms with E-state index in [2.05, 4.69) is 46.0 Å². The summed E-state index contributed by atoms with van der Waals surface area (Å²) in [4.78, 5) is 16.3. The highest BCUT2D eigenvalue weighted by Gasteiger charge is 2.13. The number of aryl methyl sites for hydroxylation is 2. The van der Waals surface area contributed by atoms with Crippen molar-refractivity contribution in [3.05, 3.63) is 17.5 Å². The average molecular weight is 351 g/mol. The summed E-state index contributed by atoms with van der Waals surface area (Å²) in [5, 5.41) is 13.9. The molecule has 1 aromatic heterocycles. The van der Waals surface area contributed by atoms with Gasteiger partial charge in [-0.2, -0.15) is 5.10 Å². The Morgan fingerprint density at radius 3 is 2.52 bits per heavy atom. The van der Waals surface area contributed by atoms with Gasteiger partial charge in [-0.3, -0.25) is 9.48 Å². The predicted octanol–water partition coefficient (Wildman–Crippen LogP) is 1.61. The molecule has 0 fully saturated rings. The third kappa shape index (κ3) is 8.56. The molecule has 0 aliphatic heterocycles. The van der Waals surface area contributed by atoms with E-state index in [0.29, 0.717) is 11.9 Å². The molecule has 1 amide bonds. The molecular formula is C18H34N6O. The summed E-state index contributed by atoms with van der Waals surface area (Å²) in [7, 11) is 0. The van der Waals surface area contributed by atoms with Crippen LogP contribution in [0.4, 0.5) is 0 Å². The minimum Gasteiger partial charge on any atom is -0.357 e. The van der Waals surface area contributed by atoms with Gasteiger partial charge in [0.05, 0.1) is 5.69 Å². The van der Waals surface area contributed by atoms with E-state index < -0.39 is 0 Å². The maximum Gasteiger partial charge on any atom is 0.242 e. The van der Waals surface area contributed by atoms with Gasteiger partial charge in [0.2, 0.25) is 5.91 Å². The third-order valence-corrected chi connectivity index (χ3v) is 3.45. The number of amides is 1. The number of hydrogen-bond donors (Lipinski definition) is 3. The number of guanidine groups is 1. The number of aromatic nitrogens is 2. The molecule has 25 heavy (non-hydrogen) atoms. The third-order valence-electron chi connectivity index (χ3n) is 3.45. The summed E-state index contributed by atoms with van der Waals surface area (Å²) < 4.78 is 2.03. The molecule has 0 saturated heterocycles. The van der Waals surface area contributed by atoms with Crippen LogP contribution in [0, 0.1) is 19.8 Å². The molecule has 7 nitrogen and oxygen atoms in total. The molecule has 0 aliphatic carbocycles. The summed E-state index contributed by atoms with van der Waals surface area (Å²) in [6.45, 7) is 16.6. The number of hydrogen-bond acceptors (Lipinski definition) is 3. The highest BCUT2D eigenvalue weighted by molar-refractivity contribution is 5.85. The van der Waals surface area contributed by atoms with Crippen LogP contribution < -0.4 is 16.0 Å². The molecular weight excluding hydrogens is 316 g/mol. The molecule has 0 spiro atoms. The molecule has 0 radical (unpaired) electrons. The van der Waals surface area contributed by atoms with E-state index in [-0.39, 0.29) is 18.0 Å². The van der Waals surface area contributed by atoms with Crippen LogP contribution in [-0.4, -0.2) is 46.8 Å². The fourth-order valence-corrected chi connectivity index (χ4v) is 2.44. The fraction of sp³-hybridized carbons (Fsp3) is 0.722. The second-order valence-corrected chi connectivity index (χ2v) is 7.59. The lowest BCUT2D eigenvalue weighted by atomic mass is 10.1. The summed E-state index contributed by atoms with van der Waals surface area (Å²) in [5.74, 6) is 0.956. The molecule has 1 unspecified atom stereocenters. The lowest BCUT2D eigenvalue weighted by Crippen LogP contribution is -2.44. The van der Waals surface area contributed by atoms with Gasteiger partial charge in [0.1, 0.15) is 6.54 Å². The first kappa shape index (κ1) is 21.0. The molecule has 1 atom stereocenters. The van der Waals surface area contributed by atoms with Crippen LogP contribution in [-0.2, 0) is 11.3 Å². The van der Waals surface area contributed by atoms with E-state index in [1.807, 2.05) is 39.3 Å². The Morgan fingerprint density at radius 1 is 1.32 bits per heavy atom. The van der Waals surface area contributed by atoms with Crippen LogP contribution >= 0.6 is 0 Å². The second kappa shape index (κ2) is 9.44. The predicted molar refractivity (Wildman–Crippen MR) is 103 cm³/mol. The normalized spacial score (nSPS) is 13.5. The van der Waals surface area contributed by atoms with Gasteiger partial charge in [-0.1, -0.05) is 6.92 Å². The van der Waals surface area contributed by atoms with E-state index in [9.17, 15) is 4.79 Å². The Hall–Kier alpha value is -2.05. The molecule has 0 aromatic carbocycles. The van der Waals surface area contributed by atoms with E-state index in [4.69, 9.17) is 0 Å². The van der Waals surface area contributed by atoms with E-state index in [1.54, 1.807) is 0 Å². The SMILES string of the molecule is CCNC(=NCC(=O)NC(C)(C)C)NCC(C)Cn1nc(C)cc1C. The molecule has 0 saturated carbocycles. The monoisotopic (exact) mass is 350 g/mol. The van der Waals surface area contributed by atoms with Gasteiger partial charge in [-0.25, -0.2) is 4.99 Å². The van der Waals surface area contributed by atoms with Crippen LogP contribution in [0.2, 0.25) is 0 Å². The van der Waals surface area contributed by atoms with Crippen molar-refractivity contribution in [1.29, 1.82) is 0 Å². The second-order valence-electron chi connectivity index (χ2n) is 7.59. The van der Waals surface area contributed by atoms with Gasteiger partial charge in [0.15, 0.2) is 5.96 Å². The van der Waals surface area contributed by atoms with Crippen LogP contribution in [0.3, 0.4) is 0 Å². The average Bonchev–Trinajstić information content (AvgIpc) is 2.78. The van der Waals surface area contributed by atoms with Crippen molar-refractivity contribution in [2.45, 2.75) is 60.5 Å². The number of rotatable bonds is 7. The molecule has 0 aliphatic rings. The molecule has 1 aromatic rings. The van der Waals surface area contributed by atoms with Gasteiger partial charge in [0.25, 0.3) is 0 Å². The minimum absolute atomic E-state index is 0.0830. The number of nitrogens with one attached hydrogen (secondary N) is 3. The van der Waals surface area contributed by atoms with Gasteiger partial charge in [0, 0.05) is 30.9 Å². The number of aliphatic imine (C=N–C) groups is 1. The Balaban J connectivity index is 2.52. The Labute approximate surface area is 151 Å². The van der Waals surface area contributed by atoms with Gasteiger partial charge < -0.3 is 16.0 Å². The highest BCUT2D eigenvalue weighted by atomic mass is 16.2. The summed E-state index contributed by atoms with van der Waals surface area (Å²) in [6, 6.07) is 2.08. The fourth-order valence-electron chi connectivity index (χ4n) is 2.44. The van der Waals surface area contributed by atoms with Crippen molar-refractivity contribution >= 4 is 11.9 Å². The Bertz CT molecular complexity index is 585. The first-order chi connectivity index (χ1) is 11.6. The lowest BCUT2D eigenvalue weighted by molar-refractivity contribution is -0.121. The van der Waals surface area contributed by atoms with Gasteiger partial charge in [-0.15, -0.1) is 0 Å². The molecule has 1 heterocycles. The van der Waals surface area contributed by atoms with Crippen molar-refractivity contribution in [2.75, 3.05) is 19.6 Å². The van der Waals surface area contributed by atoms with Gasteiger partial charge >= 0.3 is 0 Å². The standard InChI is InChI=1S/C18H34N6O/c1-8-19-17(21-11-16(25)22-18(5,6)7)20-10-13(2)12-24-15(4)9-14(3)23-24/h9,13H,8,10-12H2,1-7H3,(H,22,25)(H2,19,20,21). The lowest BCUT2D eigenvalue weighted by Gasteiger charge is -2.20. The van der Waals surface area contributed by atoms with Gasteiger partial charge in [-0.05, 0) is 53.5 Å². The highest BCUT2D eigenvalue weighted by Crippen LogP contribution is 2.05. The molecule has 1 rings (SSSR count). The smallest absolute Gasteiger partial charge is 0.242 e. The van der Waals surface area contributed by atoms with Crippen LogP contribution in [0.15, 0.2) is 11.1 Å². The first-order valence-electron chi connectivity index (χ1n) is 8.95. The zero-order valence-corrected chi connectivity index (χ0v) is 16.7. The van der Waals surface area contributed by atoms with Crippen LogP contribution in [0.5, 0.6) is 0 Å². The summed E-state index contributed by atoms with van der Waals surface area (Å²) in [6.07, 6.45) is 0. The first-order valence-corrected chi connectivity index (χ1v) is 8.95. The quantitative estimate of drug-likeness (QED) is 0.515. The molecule has 3 N–H and O–H groups in total. The zero-order valence-electron chi connectivity index (χ0n) is 16.7. The van der Waals surface area contributed by atoms with Crippen LogP contribution in [0.1, 0.15) is 46.0 Å². The Morgan fingerprint density at radius 2 is 2.00 bits per heavy atom. The topological polar surface area (TPSA) is 83.3 Å².